The highest BCUT2D eigenvalue weighted by molar-refractivity contribution is 7.10. The number of amides is 1. The highest BCUT2D eigenvalue weighted by Crippen LogP contribution is 2.36. The number of carboxylic acid groups (broad SMARTS) is 1. The summed E-state index contributed by atoms with van der Waals surface area (Å²) < 4.78 is 38.2. The summed E-state index contributed by atoms with van der Waals surface area (Å²) >= 11 is 0.352. The van der Waals surface area contributed by atoms with E-state index in [2.05, 4.69) is 4.98 Å². The van der Waals surface area contributed by atoms with E-state index in [0.717, 1.165) is 10.4 Å². The van der Waals surface area contributed by atoms with Crippen LogP contribution in [0.4, 0.5) is 13.2 Å². The molecule has 0 bridgehead atoms. The quantitative estimate of drug-likeness (QED) is 0.908. The summed E-state index contributed by atoms with van der Waals surface area (Å²) in [5.74, 6) is -2.68. The Morgan fingerprint density at radius 3 is 2.65 bits per heavy atom. The van der Waals surface area contributed by atoms with Crippen molar-refractivity contribution in [3.8, 4) is 0 Å². The Labute approximate surface area is 116 Å². The van der Waals surface area contributed by atoms with Gasteiger partial charge < -0.3 is 10.0 Å². The first-order valence-corrected chi connectivity index (χ1v) is 6.66. The number of carbonyl (C=O) groups excluding carboxylic acids is 1. The molecule has 1 aliphatic heterocycles. The molecule has 1 aromatic rings. The van der Waals surface area contributed by atoms with E-state index in [0.29, 0.717) is 11.3 Å². The summed E-state index contributed by atoms with van der Waals surface area (Å²) in [6.45, 7) is 1.63. The van der Waals surface area contributed by atoms with Gasteiger partial charge in [-0.2, -0.15) is 13.2 Å². The molecule has 2 rings (SSSR count). The first kappa shape index (κ1) is 14.8. The van der Waals surface area contributed by atoms with E-state index in [9.17, 15) is 22.8 Å². The zero-order chi connectivity index (χ0) is 15.1. The summed E-state index contributed by atoms with van der Waals surface area (Å²) in [6.07, 6.45) is -4.41. The van der Waals surface area contributed by atoms with Crippen LogP contribution in [-0.4, -0.2) is 39.5 Å². The highest BCUT2D eigenvalue weighted by Gasteiger charge is 2.43. The molecule has 1 saturated heterocycles. The molecule has 0 spiro atoms. The number of hydrogen-bond acceptors (Lipinski definition) is 4. The molecule has 110 valence electrons. The Hall–Kier alpha value is -1.64. The molecule has 2 heterocycles. The zero-order valence-corrected chi connectivity index (χ0v) is 11.2. The molecular weight excluding hydrogens is 297 g/mol. The third-order valence-corrected chi connectivity index (χ3v) is 4.23. The third-order valence-electron chi connectivity index (χ3n) is 3.36. The summed E-state index contributed by atoms with van der Waals surface area (Å²) in [5, 5.41) is 8.97. The van der Waals surface area contributed by atoms with Crippen LogP contribution < -0.4 is 0 Å². The van der Waals surface area contributed by atoms with Gasteiger partial charge in [-0.25, -0.2) is 4.98 Å². The Balaban J connectivity index is 2.26. The van der Waals surface area contributed by atoms with Gasteiger partial charge in [0, 0.05) is 12.6 Å². The lowest BCUT2D eigenvalue weighted by atomic mass is 10.0. The number of likely N-dealkylation sites (tertiary alicyclic amines) is 1. The SMILES string of the molecule is CC1C(C(=O)O)CCN1C(=O)c1ncsc1C(F)(F)F. The van der Waals surface area contributed by atoms with Crippen LogP contribution in [0.15, 0.2) is 5.51 Å². The van der Waals surface area contributed by atoms with Gasteiger partial charge in [-0.05, 0) is 13.3 Å². The van der Waals surface area contributed by atoms with Gasteiger partial charge in [0.25, 0.3) is 5.91 Å². The predicted molar refractivity (Wildman–Crippen MR) is 63.4 cm³/mol. The van der Waals surface area contributed by atoms with Crippen LogP contribution in [0.3, 0.4) is 0 Å². The standard InChI is InChI=1S/C11H11F3N2O3S/c1-5-6(10(18)19)2-3-16(5)9(17)7-8(11(12,13)14)20-4-15-7/h4-6H,2-3H2,1H3,(H,18,19). The van der Waals surface area contributed by atoms with Gasteiger partial charge >= 0.3 is 12.1 Å². The Bertz CT molecular complexity index is 543. The highest BCUT2D eigenvalue weighted by atomic mass is 32.1. The van der Waals surface area contributed by atoms with Crippen LogP contribution in [0.2, 0.25) is 0 Å². The number of nitrogens with zero attached hydrogens (tertiary/aromatic N) is 2. The van der Waals surface area contributed by atoms with E-state index in [-0.39, 0.29) is 13.0 Å². The number of carbonyl (C=O) groups is 2. The van der Waals surface area contributed by atoms with Gasteiger partial charge in [0.05, 0.1) is 11.4 Å². The van der Waals surface area contributed by atoms with E-state index in [1.54, 1.807) is 0 Å². The molecule has 1 N–H and O–H groups in total. The molecule has 2 unspecified atom stereocenters. The van der Waals surface area contributed by atoms with Crippen molar-refractivity contribution in [2.75, 3.05) is 6.54 Å². The lowest BCUT2D eigenvalue weighted by Gasteiger charge is -2.23. The van der Waals surface area contributed by atoms with Crippen molar-refractivity contribution >= 4 is 23.2 Å². The van der Waals surface area contributed by atoms with E-state index in [1.165, 1.54) is 6.92 Å². The van der Waals surface area contributed by atoms with Crippen LogP contribution in [0, 0.1) is 5.92 Å². The molecule has 1 aromatic heterocycles. The summed E-state index contributed by atoms with van der Waals surface area (Å²) in [6, 6.07) is -0.650. The Morgan fingerprint density at radius 1 is 1.50 bits per heavy atom. The number of carboxylic acids is 1. The van der Waals surface area contributed by atoms with E-state index in [1.807, 2.05) is 0 Å². The lowest BCUT2D eigenvalue weighted by molar-refractivity contribution is -0.142. The zero-order valence-electron chi connectivity index (χ0n) is 10.3. The molecular formula is C11H11F3N2O3S. The third kappa shape index (κ3) is 2.49. The molecule has 0 saturated carbocycles. The molecule has 0 aromatic carbocycles. The maximum atomic E-state index is 12.7. The number of aliphatic carboxylic acids is 1. The van der Waals surface area contributed by atoms with Crippen LogP contribution >= 0.6 is 11.3 Å². The molecule has 9 heteroatoms. The minimum atomic E-state index is -4.64. The molecule has 20 heavy (non-hydrogen) atoms. The number of aromatic nitrogens is 1. The molecule has 0 aliphatic carbocycles. The fourth-order valence-electron chi connectivity index (χ4n) is 2.29. The van der Waals surface area contributed by atoms with Gasteiger partial charge in [0.1, 0.15) is 4.88 Å². The molecule has 2 atom stereocenters. The Morgan fingerprint density at radius 2 is 2.15 bits per heavy atom. The minimum absolute atomic E-state index is 0.117. The number of halogens is 3. The number of thiazole rings is 1. The molecule has 1 amide bonds. The van der Waals surface area contributed by atoms with Gasteiger partial charge in [-0.3, -0.25) is 9.59 Å². The Kier molecular flexibility index (Phi) is 3.72. The average Bonchev–Trinajstić information content (AvgIpc) is 2.92. The fraction of sp³-hybridized carbons (Fsp3) is 0.545. The van der Waals surface area contributed by atoms with Crippen molar-refractivity contribution in [3.63, 3.8) is 0 Å². The number of rotatable bonds is 2. The van der Waals surface area contributed by atoms with Crippen molar-refractivity contribution in [2.24, 2.45) is 5.92 Å². The minimum Gasteiger partial charge on any atom is -0.481 e. The predicted octanol–water partition coefficient (Wildman–Crippen LogP) is 2.10. The maximum Gasteiger partial charge on any atom is 0.427 e. The second-order valence-corrected chi connectivity index (χ2v) is 5.36. The van der Waals surface area contributed by atoms with Crippen LogP contribution in [0.25, 0.3) is 0 Å². The normalized spacial score (nSPS) is 23.1. The van der Waals surface area contributed by atoms with E-state index >= 15 is 0 Å². The second kappa shape index (κ2) is 5.04. The van der Waals surface area contributed by atoms with Gasteiger partial charge in [0.15, 0.2) is 5.69 Å². The second-order valence-electron chi connectivity index (χ2n) is 4.50. The first-order chi connectivity index (χ1) is 9.23. The molecule has 0 radical (unpaired) electrons. The fourth-order valence-corrected chi connectivity index (χ4v) is 2.94. The molecule has 5 nitrogen and oxygen atoms in total. The lowest BCUT2D eigenvalue weighted by Crippen LogP contribution is -2.38. The summed E-state index contributed by atoms with van der Waals surface area (Å²) in [4.78, 5) is 26.7. The summed E-state index contributed by atoms with van der Waals surface area (Å²) in [5.41, 5.74) is 0.311. The number of alkyl halides is 3. The topological polar surface area (TPSA) is 70.5 Å². The van der Waals surface area contributed by atoms with Gasteiger partial charge in [-0.1, -0.05) is 0 Å². The van der Waals surface area contributed by atoms with Crippen LogP contribution in [0.1, 0.15) is 28.7 Å². The van der Waals surface area contributed by atoms with Gasteiger partial charge in [-0.15, -0.1) is 11.3 Å². The maximum absolute atomic E-state index is 12.7. The van der Waals surface area contributed by atoms with Crippen molar-refractivity contribution in [2.45, 2.75) is 25.6 Å². The van der Waals surface area contributed by atoms with Crippen molar-refractivity contribution in [1.29, 1.82) is 0 Å². The summed E-state index contributed by atoms with van der Waals surface area (Å²) in [7, 11) is 0. The van der Waals surface area contributed by atoms with Crippen molar-refractivity contribution < 1.29 is 27.9 Å². The van der Waals surface area contributed by atoms with E-state index in [4.69, 9.17) is 5.11 Å². The molecule has 1 fully saturated rings. The largest absolute Gasteiger partial charge is 0.481 e. The van der Waals surface area contributed by atoms with E-state index < -0.39 is 40.6 Å². The van der Waals surface area contributed by atoms with Crippen LogP contribution in [-0.2, 0) is 11.0 Å². The average molecular weight is 308 g/mol. The monoisotopic (exact) mass is 308 g/mol. The number of hydrogen-bond donors (Lipinski definition) is 1. The van der Waals surface area contributed by atoms with Crippen molar-refractivity contribution in [1.82, 2.24) is 9.88 Å². The smallest absolute Gasteiger partial charge is 0.427 e. The van der Waals surface area contributed by atoms with Gasteiger partial charge in [0.2, 0.25) is 0 Å². The van der Waals surface area contributed by atoms with Crippen molar-refractivity contribution in [3.05, 3.63) is 16.1 Å². The van der Waals surface area contributed by atoms with Crippen LogP contribution in [0.5, 0.6) is 0 Å². The molecule has 1 aliphatic rings. The first-order valence-electron chi connectivity index (χ1n) is 5.78.